The molecule has 1 aliphatic rings. The van der Waals surface area contributed by atoms with Crippen molar-refractivity contribution in [1.29, 1.82) is 0 Å². The van der Waals surface area contributed by atoms with Crippen LogP contribution in [0.3, 0.4) is 0 Å². The minimum Gasteiger partial charge on any atom is -0.466 e. The lowest BCUT2D eigenvalue weighted by molar-refractivity contribution is -0.384. The number of hydrogen-bond donors (Lipinski definition) is 0. The highest BCUT2D eigenvalue weighted by Gasteiger charge is 2.28. The topological polar surface area (TPSA) is 87.3 Å². The van der Waals surface area contributed by atoms with E-state index in [4.69, 9.17) is 4.74 Å². The van der Waals surface area contributed by atoms with Gasteiger partial charge in [-0.3, -0.25) is 19.6 Å². The number of benzene rings is 1. The van der Waals surface area contributed by atoms with E-state index in [-0.39, 0.29) is 23.6 Å². The normalized spacial score (nSPS) is 20.2. The monoisotopic (exact) mass is 343 g/mol. The first kappa shape index (κ1) is 17.1. The fourth-order valence-electron chi connectivity index (χ4n) is 3.29. The van der Waals surface area contributed by atoms with Gasteiger partial charge in [-0.15, -0.1) is 0 Å². The van der Waals surface area contributed by atoms with Gasteiger partial charge in [-0.1, -0.05) is 0 Å². The van der Waals surface area contributed by atoms with Gasteiger partial charge < -0.3 is 4.74 Å². The van der Waals surface area contributed by atoms with E-state index in [2.05, 4.69) is 5.10 Å². The number of carbonyl (C=O) groups is 1. The van der Waals surface area contributed by atoms with Crippen LogP contribution in [0, 0.1) is 16.0 Å². The highest BCUT2D eigenvalue weighted by Crippen LogP contribution is 2.33. The third-order valence-electron chi connectivity index (χ3n) is 4.67. The van der Waals surface area contributed by atoms with Crippen molar-refractivity contribution in [2.75, 3.05) is 6.61 Å². The maximum atomic E-state index is 11.8. The number of carbonyl (C=O) groups excluding carboxylic acids is 1. The van der Waals surface area contributed by atoms with Gasteiger partial charge in [0.1, 0.15) is 0 Å². The summed E-state index contributed by atoms with van der Waals surface area (Å²) in [5.41, 5.74) is 1.72. The number of nitrogens with zero attached hydrogens (tertiary/aromatic N) is 3. The SMILES string of the molecule is CCOC(=O)C1CCC(n2ccc(-c3ccc([N+](=O)[O-])cc3)n2)CC1. The molecule has 3 rings (SSSR count). The molecule has 0 radical (unpaired) electrons. The number of rotatable bonds is 5. The van der Waals surface area contributed by atoms with Crippen molar-refractivity contribution in [3.63, 3.8) is 0 Å². The zero-order valence-electron chi connectivity index (χ0n) is 14.1. The van der Waals surface area contributed by atoms with Gasteiger partial charge in [0.15, 0.2) is 0 Å². The summed E-state index contributed by atoms with van der Waals surface area (Å²) >= 11 is 0. The van der Waals surface area contributed by atoms with Crippen LogP contribution < -0.4 is 0 Å². The fraction of sp³-hybridized carbons (Fsp3) is 0.444. The van der Waals surface area contributed by atoms with Crippen LogP contribution in [0.15, 0.2) is 36.5 Å². The number of nitro benzene ring substituents is 1. The summed E-state index contributed by atoms with van der Waals surface area (Å²) in [4.78, 5) is 22.1. The quantitative estimate of drug-likeness (QED) is 0.469. The number of hydrogen-bond acceptors (Lipinski definition) is 5. The number of non-ortho nitro benzene ring substituents is 1. The second-order valence-corrected chi connectivity index (χ2v) is 6.24. The molecule has 0 atom stereocenters. The Balaban J connectivity index is 1.64. The molecule has 0 amide bonds. The van der Waals surface area contributed by atoms with E-state index in [1.807, 2.05) is 23.9 Å². The third-order valence-corrected chi connectivity index (χ3v) is 4.67. The number of esters is 1. The van der Waals surface area contributed by atoms with E-state index in [1.54, 1.807) is 12.1 Å². The van der Waals surface area contributed by atoms with Crippen LogP contribution in [0.1, 0.15) is 38.6 Å². The largest absolute Gasteiger partial charge is 0.466 e. The van der Waals surface area contributed by atoms with Crippen molar-refractivity contribution in [2.45, 2.75) is 38.6 Å². The highest BCUT2D eigenvalue weighted by atomic mass is 16.6. The molecule has 0 N–H and O–H groups in total. The molecule has 25 heavy (non-hydrogen) atoms. The molecule has 132 valence electrons. The number of nitro groups is 1. The summed E-state index contributed by atoms with van der Waals surface area (Å²) in [7, 11) is 0. The molecule has 1 aliphatic carbocycles. The van der Waals surface area contributed by atoms with Gasteiger partial charge in [-0.05, 0) is 50.8 Å². The van der Waals surface area contributed by atoms with Gasteiger partial charge >= 0.3 is 5.97 Å². The highest BCUT2D eigenvalue weighted by molar-refractivity contribution is 5.72. The lowest BCUT2D eigenvalue weighted by atomic mass is 9.86. The van der Waals surface area contributed by atoms with Crippen molar-refractivity contribution in [3.05, 3.63) is 46.6 Å². The molecule has 0 saturated heterocycles. The molecular formula is C18H21N3O4. The number of ether oxygens (including phenoxy) is 1. The average Bonchev–Trinajstić information content (AvgIpc) is 3.12. The molecule has 1 aromatic carbocycles. The Hall–Kier alpha value is -2.70. The molecule has 1 fully saturated rings. The lowest BCUT2D eigenvalue weighted by Crippen LogP contribution is -2.25. The number of aromatic nitrogens is 2. The Labute approximate surface area is 145 Å². The maximum absolute atomic E-state index is 11.8. The summed E-state index contributed by atoms with van der Waals surface area (Å²) in [5, 5.41) is 15.3. The summed E-state index contributed by atoms with van der Waals surface area (Å²) in [6, 6.07) is 8.58. The predicted octanol–water partition coefficient (Wildman–Crippen LogP) is 3.75. The summed E-state index contributed by atoms with van der Waals surface area (Å²) in [6.45, 7) is 2.25. The molecular weight excluding hydrogens is 322 g/mol. The minimum atomic E-state index is -0.412. The van der Waals surface area contributed by atoms with Gasteiger partial charge in [0.05, 0.1) is 29.2 Å². The van der Waals surface area contributed by atoms with Crippen LogP contribution in [0.2, 0.25) is 0 Å². The van der Waals surface area contributed by atoms with E-state index >= 15 is 0 Å². The molecule has 2 aromatic rings. The molecule has 1 saturated carbocycles. The zero-order valence-corrected chi connectivity index (χ0v) is 14.1. The standard InChI is InChI=1S/C18H21N3O4/c1-2-25-18(22)14-5-7-15(8-6-14)20-12-11-17(19-20)13-3-9-16(10-4-13)21(23)24/h3-4,9-12,14-15H,2,5-8H2,1H3. The van der Waals surface area contributed by atoms with E-state index in [0.717, 1.165) is 36.9 Å². The van der Waals surface area contributed by atoms with Crippen molar-refractivity contribution in [2.24, 2.45) is 5.92 Å². The molecule has 7 heteroatoms. The first-order valence-electron chi connectivity index (χ1n) is 8.55. The second-order valence-electron chi connectivity index (χ2n) is 6.24. The molecule has 0 aliphatic heterocycles. The molecule has 0 spiro atoms. The lowest BCUT2D eigenvalue weighted by Gasteiger charge is -2.27. The van der Waals surface area contributed by atoms with Gasteiger partial charge in [0.25, 0.3) is 5.69 Å². The molecule has 0 unspecified atom stereocenters. The fourth-order valence-corrected chi connectivity index (χ4v) is 3.29. The van der Waals surface area contributed by atoms with Crippen molar-refractivity contribution in [1.82, 2.24) is 9.78 Å². The van der Waals surface area contributed by atoms with Crippen molar-refractivity contribution < 1.29 is 14.5 Å². The van der Waals surface area contributed by atoms with Gasteiger partial charge in [-0.25, -0.2) is 0 Å². The van der Waals surface area contributed by atoms with Gasteiger partial charge in [-0.2, -0.15) is 5.10 Å². The summed E-state index contributed by atoms with van der Waals surface area (Å²) < 4.78 is 7.04. The Kier molecular flexibility index (Phi) is 5.11. The molecule has 1 heterocycles. The van der Waals surface area contributed by atoms with Crippen molar-refractivity contribution >= 4 is 11.7 Å². The Morgan fingerprint density at radius 2 is 1.92 bits per heavy atom. The first-order valence-corrected chi connectivity index (χ1v) is 8.55. The third kappa shape index (κ3) is 3.87. The Morgan fingerprint density at radius 3 is 2.52 bits per heavy atom. The van der Waals surface area contributed by atoms with Crippen LogP contribution in [-0.4, -0.2) is 27.3 Å². The zero-order chi connectivity index (χ0) is 17.8. The average molecular weight is 343 g/mol. The minimum absolute atomic E-state index is 0.000838. The van der Waals surface area contributed by atoms with Crippen LogP contribution in [-0.2, 0) is 9.53 Å². The van der Waals surface area contributed by atoms with Crippen molar-refractivity contribution in [3.8, 4) is 11.3 Å². The second kappa shape index (κ2) is 7.46. The maximum Gasteiger partial charge on any atom is 0.308 e. The van der Waals surface area contributed by atoms with E-state index < -0.39 is 4.92 Å². The molecule has 0 bridgehead atoms. The predicted molar refractivity (Wildman–Crippen MR) is 91.9 cm³/mol. The smallest absolute Gasteiger partial charge is 0.308 e. The van der Waals surface area contributed by atoms with E-state index in [1.165, 1.54) is 12.1 Å². The Bertz CT molecular complexity index is 746. The van der Waals surface area contributed by atoms with E-state index in [9.17, 15) is 14.9 Å². The van der Waals surface area contributed by atoms with Gasteiger partial charge in [0.2, 0.25) is 0 Å². The van der Waals surface area contributed by atoms with Crippen LogP contribution in [0.4, 0.5) is 5.69 Å². The van der Waals surface area contributed by atoms with Crippen LogP contribution in [0.25, 0.3) is 11.3 Å². The van der Waals surface area contributed by atoms with Crippen LogP contribution >= 0.6 is 0 Å². The Morgan fingerprint density at radius 1 is 1.24 bits per heavy atom. The first-order chi connectivity index (χ1) is 12.1. The van der Waals surface area contributed by atoms with E-state index in [0.29, 0.717) is 6.61 Å². The summed E-state index contributed by atoms with van der Waals surface area (Å²) in [5.74, 6) is -0.0890. The van der Waals surface area contributed by atoms with Gasteiger partial charge in [0, 0.05) is 23.9 Å². The summed E-state index contributed by atoms with van der Waals surface area (Å²) in [6.07, 6.45) is 5.36. The molecule has 1 aromatic heterocycles. The molecule has 7 nitrogen and oxygen atoms in total. The van der Waals surface area contributed by atoms with Crippen LogP contribution in [0.5, 0.6) is 0 Å².